The Bertz CT molecular complexity index is 1150. The number of aromatic nitrogens is 4. The Morgan fingerprint density at radius 3 is 2.36 bits per heavy atom. The third kappa shape index (κ3) is 4.19. The van der Waals surface area contributed by atoms with Gasteiger partial charge in [0.15, 0.2) is 0 Å². The van der Waals surface area contributed by atoms with Gasteiger partial charge in [0.2, 0.25) is 5.95 Å². The lowest BCUT2D eigenvalue weighted by molar-refractivity contribution is -0.158. The van der Waals surface area contributed by atoms with E-state index in [0.717, 1.165) is 37.6 Å². The zero-order valence-electron chi connectivity index (χ0n) is 18.4. The van der Waals surface area contributed by atoms with Crippen LogP contribution in [-0.4, -0.2) is 96.0 Å². The third-order valence-corrected chi connectivity index (χ3v) is 5.98. The summed E-state index contributed by atoms with van der Waals surface area (Å²) >= 11 is 0. The Morgan fingerprint density at radius 1 is 0.939 bits per heavy atom. The lowest BCUT2D eigenvalue weighted by Crippen LogP contribution is -2.51. The maximum Gasteiger partial charge on any atom is 0.396 e. The summed E-state index contributed by atoms with van der Waals surface area (Å²) in [4.78, 5) is 38.2. The zero-order valence-corrected chi connectivity index (χ0v) is 18.4. The maximum atomic E-state index is 12.0. The number of rotatable bonds is 3. The average Bonchev–Trinajstić information content (AvgIpc) is 3.33. The molecule has 1 aromatic carbocycles. The molecule has 1 amide bonds. The Balaban J connectivity index is 1.34. The van der Waals surface area contributed by atoms with E-state index in [1.165, 1.54) is 17.7 Å². The highest BCUT2D eigenvalue weighted by Crippen LogP contribution is 2.25. The first-order chi connectivity index (χ1) is 16.1. The second-order valence-corrected chi connectivity index (χ2v) is 7.87. The molecule has 2 aliphatic heterocycles. The molecule has 172 valence electrons. The second kappa shape index (κ2) is 9.02. The smallest absolute Gasteiger partial charge is 0.396 e. The van der Waals surface area contributed by atoms with Crippen LogP contribution in [0.15, 0.2) is 36.5 Å². The maximum absolute atomic E-state index is 12.0. The Hall–Kier alpha value is -3.73. The number of carbonyl (C=O) groups is 2. The fraction of sp³-hybridized carbons (Fsp3) is 0.409. The first-order valence-electron chi connectivity index (χ1n) is 10.9. The van der Waals surface area contributed by atoms with Crippen LogP contribution < -0.4 is 9.80 Å². The van der Waals surface area contributed by atoms with Crippen molar-refractivity contribution in [2.75, 3.05) is 69.4 Å². The van der Waals surface area contributed by atoms with Gasteiger partial charge in [-0.15, -0.1) is 5.10 Å². The number of methoxy groups -OCH3 is 1. The SMILES string of the molecule is COC(=O)C(=O)N1CCN(c2nc3nccc(-c4ccc(N5CCOCC5)cc4)n3n2)CC1. The Labute approximate surface area is 190 Å². The first kappa shape index (κ1) is 21.1. The van der Waals surface area contributed by atoms with Gasteiger partial charge >= 0.3 is 11.9 Å². The number of piperazine rings is 1. The van der Waals surface area contributed by atoms with E-state index in [-0.39, 0.29) is 0 Å². The van der Waals surface area contributed by atoms with Gasteiger partial charge in [-0.2, -0.15) is 9.50 Å². The molecule has 0 unspecified atom stereocenters. The van der Waals surface area contributed by atoms with Crippen LogP contribution in [0, 0.1) is 0 Å². The molecule has 0 N–H and O–H groups in total. The summed E-state index contributed by atoms with van der Waals surface area (Å²) in [6.07, 6.45) is 1.73. The van der Waals surface area contributed by atoms with Gasteiger partial charge in [-0.25, -0.2) is 9.78 Å². The molecule has 2 fully saturated rings. The van der Waals surface area contributed by atoms with E-state index < -0.39 is 11.9 Å². The molecule has 0 atom stereocenters. The fourth-order valence-electron chi connectivity index (χ4n) is 4.13. The summed E-state index contributed by atoms with van der Waals surface area (Å²) in [6, 6.07) is 10.3. The van der Waals surface area contributed by atoms with E-state index in [4.69, 9.17) is 9.84 Å². The number of morpholine rings is 1. The van der Waals surface area contributed by atoms with Crippen LogP contribution >= 0.6 is 0 Å². The number of fused-ring (bicyclic) bond motifs is 1. The molecule has 0 saturated carbocycles. The predicted octanol–water partition coefficient (Wildman–Crippen LogP) is 0.450. The number of hydrogen-bond acceptors (Lipinski definition) is 9. The van der Waals surface area contributed by atoms with Gasteiger partial charge in [0.1, 0.15) is 0 Å². The molecule has 2 saturated heterocycles. The van der Waals surface area contributed by atoms with Crippen molar-refractivity contribution in [3.63, 3.8) is 0 Å². The highest BCUT2D eigenvalue weighted by Gasteiger charge is 2.28. The van der Waals surface area contributed by atoms with E-state index in [9.17, 15) is 9.59 Å². The fourth-order valence-corrected chi connectivity index (χ4v) is 4.13. The molecule has 0 bridgehead atoms. The van der Waals surface area contributed by atoms with Crippen molar-refractivity contribution in [1.82, 2.24) is 24.5 Å². The molecular formula is C22H25N7O4. The van der Waals surface area contributed by atoms with E-state index in [2.05, 4.69) is 43.9 Å². The van der Waals surface area contributed by atoms with E-state index in [1.54, 1.807) is 10.7 Å². The molecule has 4 heterocycles. The zero-order chi connectivity index (χ0) is 22.8. The van der Waals surface area contributed by atoms with E-state index >= 15 is 0 Å². The molecule has 33 heavy (non-hydrogen) atoms. The molecular weight excluding hydrogens is 426 g/mol. The topological polar surface area (TPSA) is 105 Å². The van der Waals surface area contributed by atoms with Crippen molar-refractivity contribution >= 4 is 29.3 Å². The largest absolute Gasteiger partial charge is 0.462 e. The standard InChI is InChI=1S/C22H25N7O4/c1-32-20(31)19(30)27-8-10-28(11-9-27)22-24-21-23-7-6-18(29(21)25-22)16-2-4-17(5-3-16)26-12-14-33-15-13-26/h2-7H,8-15H2,1H3. The molecule has 2 aromatic heterocycles. The highest BCUT2D eigenvalue weighted by molar-refractivity contribution is 6.32. The minimum absolute atomic E-state index is 0.396. The predicted molar refractivity (Wildman–Crippen MR) is 120 cm³/mol. The van der Waals surface area contributed by atoms with Crippen molar-refractivity contribution in [3.8, 4) is 11.3 Å². The summed E-state index contributed by atoms with van der Waals surface area (Å²) in [7, 11) is 1.21. The van der Waals surface area contributed by atoms with Crippen LogP contribution in [0.1, 0.15) is 0 Å². The summed E-state index contributed by atoms with van der Waals surface area (Å²) in [5.74, 6) is -0.412. The van der Waals surface area contributed by atoms with Crippen LogP contribution in [0.2, 0.25) is 0 Å². The molecule has 0 radical (unpaired) electrons. The number of amides is 1. The first-order valence-corrected chi connectivity index (χ1v) is 10.9. The number of esters is 1. The molecule has 5 rings (SSSR count). The van der Waals surface area contributed by atoms with Crippen LogP contribution in [0.25, 0.3) is 17.0 Å². The lowest BCUT2D eigenvalue weighted by atomic mass is 10.1. The van der Waals surface area contributed by atoms with Crippen molar-refractivity contribution in [1.29, 1.82) is 0 Å². The summed E-state index contributed by atoms with van der Waals surface area (Å²) in [6.45, 7) is 5.11. The minimum Gasteiger partial charge on any atom is -0.462 e. The van der Waals surface area contributed by atoms with Crippen molar-refractivity contribution in [2.24, 2.45) is 0 Å². The van der Waals surface area contributed by atoms with Gasteiger partial charge < -0.3 is 24.2 Å². The summed E-state index contributed by atoms with van der Waals surface area (Å²) in [5, 5.41) is 4.69. The summed E-state index contributed by atoms with van der Waals surface area (Å²) in [5.41, 5.74) is 3.09. The van der Waals surface area contributed by atoms with Crippen LogP contribution in [0.3, 0.4) is 0 Å². The normalized spacial score (nSPS) is 16.8. The Kier molecular flexibility index (Phi) is 5.78. The molecule has 0 aliphatic carbocycles. The van der Waals surface area contributed by atoms with E-state index in [1.807, 2.05) is 11.0 Å². The van der Waals surface area contributed by atoms with Gasteiger partial charge in [0.25, 0.3) is 5.78 Å². The highest BCUT2D eigenvalue weighted by atomic mass is 16.5. The molecule has 11 heteroatoms. The number of carbonyl (C=O) groups excluding carboxylic acids is 2. The molecule has 3 aromatic rings. The van der Waals surface area contributed by atoms with Crippen molar-refractivity contribution in [2.45, 2.75) is 0 Å². The molecule has 0 spiro atoms. The number of anilines is 2. The van der Waals surface area contributed by atoms with Crippen LogP contribution in [-0.2, 0) is 19.1 Å². The van der Waals surface area contributed by atoms with Crippen LogP contribution in [0.4, 0.5) is 11.6 Å². The van der Waals surface area contributed by atoms with Crippen molar-refractivity contribution < 1.29 is 19.1 Å². The Morgan fingerprint density at radius 2 is 1.67 bits per heavy atom. The lowest BCUT2D eigenvalue weighted by Gasteiger charge is -2.33. The van der Waals surface area contributed by atoms with Gasteiger partial charge in [0.05, 0.1) is 26.0 Å². The monoisotopic (exact) mass is 451 g/mol. The van der Waals surface area contributed by atoms with Crippen LogP contribution in [0.5, 0.6) is 0 Å². The summed E-state index contributed by atoms with van der Waals surface area (Å²) < 4.78 is 11.7. The van der Waals surface area contributed by atoms with E-state index in [0.29, 0.717) is 37.9 Å². The number of benzene rings is 1. The second-order valence-electron chi connectivity index (χ2n) is 7.87. The minimum atomic E-state index is -0.845. The third-order valence-electron chi connectivity index (χ3n) is 5.98. The number of ether oxygens (including phenoxy) is 2. The molecule has 11 nitrogen and oxygen atoms in total. The van der Waals surface area contributed by atoms with Gasteiger partial charge in [-0.1, -0.05) is 12.1 Å². The average molecular weight is 451 g/mol. The number of nitrogens with zero attached hydrogens (tertiary/aromatic N) is 7. The van der Waals surface area contributed by atoms with Gasteiger partial charge in [0, 0.05) is 56.7 Å². The number of hydrogen-bond donors (Lipinski definition) is 0. The van der Waals surface area contributed by atoms with Gasteiger partial charge in [-0.05, 0) is 18.2 Å². The molecule has 2 aliphatic rings. The van der Waals surface area contributed by atoms with Crippen molar-refractivity contribution in [3.05, 3.63) is 36.5 Å². The quantitative estimate of drug-likeness (QED) is 0.414. The van der Waals surface area contributed by atoms with Gasteiger partial charge in [-0.3, -0.25) is 4.79 Å².